The summed E-state index contributed by atoms with van der Waals surface area (Å²) >= 11 is 0. The van der Waals surface area contributed by atoms with E-state index in [1.807, 2.05) is 19.9 Å². The molecule has 0 fully saturated rings. The van der Waals surface area contributed by atoms with Crippen LogP contribution < -0.4 is 0 Å². The third kappa shape index (κ3) is 2.72. The van der Waals surface area contributed by atoms with Gasteiger partial charge in [0, 0.05) is 0 Å². The molecule has 0 saturated carbocycles. The minimum absolute atomic E-state index is 0.591. The van der Waals surface area contributed by atoms with Gasteiger partial charge in [0.25, 0.3) is 0 Å². The Morgan fingerprint density at radius 2 is 1.90 bits per heavy atom. The molecule has 0 spiro atoms. The maximum Gasteiger partial charge on any atom is 0.0937 e. The molecule has 0 aliphatic heterocycles. The highest BCUT2D eigenvalue weighted by atomic mass is 16.3. The summed E-state index contributed by atoms with van der Waals surface area (Å²) in [5.41, 5.74) is 1.27. The molecule has 0 amide bonds. The lowest BCUT2D eigenvalue weighted by molar-refractivity contribution is 0.562. The highest BCUT2D eigenvalue weighted by Gasteiger charge is 1.96. The molecule has 1 heterocycles. The molecule has 58 valence electrons. The number of hydrogen-bond donors (Lipinski definition) is 0. The van der Waals surface area contributed by atoms with Crippen molar-refractivity contribution < 1.29 is 4.42 Å². The van der Waals surface area contributed by atoms with Crippen molar-refractivity contribution in [1.82, 2.24) is 0 Å². The van der Waals surface area contributed by atoms with Crippen LogP contribution in [0.4, 0.5) is 0 Å². The Balaban J connectivity index is 0.000000371. The van der Waals surface area contributed by atoms with Crippen LogP contribution >= 0.6 is 0 Å². The number of furan rings is 1. The van der Waals surface area contributed by atoms with E-state index >= 15 is 0 Å². The summed E-state index contributed by atoms with van der Waals surface area (Å²) in [5, 5.41) is 0. The summed E-state index contributed by atoms with van der Waals surface area (Å²) < 4.78 is 4.88. The lowest BCUT2D eigenvalue weighted by atomic mass is 10.1. The molecular weight excluding hydrogens is 124 g/mol. The van der Waals surface area contributed by atoms with E-state index in [9.17, 15) is 0 Å². The first-order valence-corrected chi connectivity index (χ1v) is 3.83. The van der Waals surface area contributed by atoms with E-state index in [4.69, 9.17) is 4.42 Å². The van der Waals surface area contributed by atoms with E-state index in [1.165, 1.54) is 5.56 Å². The second kappa shape index (κ2) is 5.10. The average molecular weight is 140 g/mol. The second-order valence-corrected chi connectivity index (χ2v) is 2.21. The highest BCUT2D eigenvalue weighted by molar-refractivity contribution is 5.09. The van der Waals surface area contributed by atoms with Crippen LogP contribution in [0.15, 0.2) is 23.0 Å². The molecule has 0 aromatic carbocycles. The highest BCUT2D eigenvalue weighted by Crippen LogP contribution is 2.12. The molecule has 0 bridgehead atoms. The van der Waals surface area contributed by atoms with Gasteiger partial charge < -0.3 is 4.42 Å². The Morgan fingerprint density at radius 1 is 1.30 bits per heavy atom. The van der Waals surface area contributed by atoms with Crippen molar-refractivity contribution in [2.75, 3.05) is 0 Å². The zero-order chi connectivity index (χ0) is 7.98. The first kappa shape index (κ1) is 9.28. The summed E-state index contributed by atoms with van der Waals surface area (Å²) in [6.07, 6.45) is 3.49. The standard InChI is InChI=1S/C7H10O.C2H6/c1-6(2)7-3-4-8-5-7;1-2/h3-6H,1-2H3;1-2H3. The van der Waals surface area contributed by atoms with Crippen LogP contribution in [-0.2, 0) is 0 Å². The lowest BCUT2D eigenvalue weighted by Gasteiger charge is -1.94. The van der Waals surface area contributed by atoms with Gasteiger partial charge in [-0.15, -0.1) is 0 Å². The number of rotatable bonds is 1. The zero-order valence-electron chi connectivity index (χ0n) is 7.22. The van der Waals surface area contributed by atoms with Crippen LogP contribution in [-0.4, -0.2) is 0 Å². The van der Waals surface area contributed by atoms with Gasteiger partial charge in [-0.1, -0.05) is 27.7 Å². The minimum atomic E-state index is 0.591. The Bertz CT molecular complexity index is 140. The maximum absolute atomic E-state index is 4.88. The van der Waals surface area contributed by atoms with Gasteiger partial charge in [0.15, 0.2) is 0 Å². The molecule has 0 atom stereocenters. The summed E-state index contributed by atoms with van der Waals surface area (Å²) in [6.45, 7) is 8.29. The van der Waals surface area contributed by atoms with Gasteiger partial charge >= 0.3 is 0 Å². The molecule has 0 N–H and O–H groups in total. The van der Waals surface area contributed by atoms with E-state index in [0.717, 1.165) is 0 Å². The van der Waals surface area contributed by atoms with Crippen LogP contribution in [0, 0.1) is 0 Å². The SMILES string of the molecule is CC.CC(C)c1ccoc1. The average Bonchev–Trinajstić information content (AvgIpc) is 2.42. The molecule has 0 unspecified atom stereocenters. The Hall–Kier alpha value is -0.720. The molecule has 1 nitrogen and oxygen atoms in total. The first-order chi connectivity index (χ1) is 4.80. The lowest BCUT2D eigenvalue weighted by Crippen LogP contribution is -1.79. The van der Waals surface area contributed by atoms with Gasteiger partial charge in [-0.05, 0) is 17.5 Å². The third-order valence-corrected chi connectivity index (χ3v) is 1.21. The molecule has 1 rings (SSSR count). The molecule has 0 radical (unpaired) electrons. The van der Waals surface area contributed by atoms with Crippen LogP contribution in [0.2, 0.25) is 0 Å². The normalized spacial score (nSPS) is 8.90. The topological polar surface area (TPSA) is 13.1 Å². The largest absolute Gasteiger partial charge is 0.472 e. The smallest absolute Gasteiger partial charge is 0.0937 e. The minimum Gasteiger partial charge on any atom is -0.472 e. The third-order valence-electron chi connectivity index (χ3n) is 1.21. The quantitative estimate of drug-likeness (QED) is 0.582. The van der Waals surface area contributed by atoms with Crippen LogP contribution in [0.25, 0.3) is 0 Å². The molecule has 0 aliphatic rings. The van der Waals surface area contributed by atoms with Gasteiger partial charge in [0.05, 0.1) is 12.5 Å². The van der Waals surface area contributed by atoms with Crippen molar-refractivity contribution in [2.45, 2.75) is 33.6 Å². The first-order valence-electron chi connectivity index (χ1n) is 3.83. The van der Waals surface area contributed by atoms with Crippen LogP contribution in [0.3, 0.4) is 0 Å². The molecule has 1 aromatic heterocycles. The molecular formula is C9H16O. The second-order valence-electron chi connectivity index (χ2n) is 2.21. The predicted molar refractivity (Wildman–Crippen MR) is 44.1 cm³/mol. The Kier molecular flexibility index (Phi) is 4.73. The van der Waals surface area contributed by atoms with Gasteiger partial charge in [0.2, 0.25) is 0 Å². The van der Waals surface area contributed by atoms with Crippen molar-refractivity contribution in [2.24, 2.45) is 0 Å². The van der Waals surface area contributed by atoms with Crippen LogP contribution in [0.1, 0.15) is 39.2 Å². The fourth-order valence-corrected chi connectivity index (χ4v) is 0.604. The summed E-state index contributed by atoms with van der Waals surface area (Å²) in [4.78, 5) is 0. The van der Waals surface area contributed by atoms with Gasteiger partial charge in [-0.2, -0.15) is 0 Å². The summed E-state index contributed by atoms with van der Waals surface area (Å²) in [5.74, 6) is 0.591. The van der Waals surface area contributed by atoms with Crippen molar-refractivity contribution in [1.29, 1.82) is 0 Å². The van der Waals surface area contributed by atoms with Gasteiger partial charge in [-0.25, -0.2) is 0 Å². The summed E-state index contributed by atoms with van der Waals surface area (Å²) in [7, 11) is 0. The van der Waals surface area contributed by atoms with Crippen LogP contribution in [0.5, 0.6) is 0 Å². The predicted octanol–water partition coefficient (Wildman–Crippen LogP) is 3.43. The van der Waals surface area contributed by atoms with Gasteiger partial charge in [-0.3, -0.25) is 0 Å². The van der Waals surface area contributed by atoms with E-state index < -0.39 is 0 Å². The fourth-order valence-electron chi connectivity index (χ4n) is 0.604. The van der Waals surface area contributed by atoms with Crippen molar-refractivity contribution in [3.63, 3.8) is 0 Å². The van der Waals surface area contributed by atoms with Crippen molar-refractivity contribution in [3.05, 3.63) is 24.2 Å². The van der Waals surface area contributed by atoms with Crippen molar-refractivity contribution in [3.8, 4) is 0 Å². The molecule has 0 aliphatic carbocycles. The molecule has 1 aromatic rings. The fraction of sp³-hybridized carbons (Fsp3) is 0.556. The Morgan fingerprint density at radius 3 is 2.10 bits per heavy atom. The van der Waals surface area contributed by atoms with E-state index in [2.05, 4.69) is 13.8 Å². The van der Waals surface area contributed by atoms with E-state index in [1.54, 1.807) is 12.5 Å². The molecule has 1 heteroatoms. The van der Waals surface area contributed by atoms with Gasteiger partial charge in [0.1, 0.15) is 0 Å². The zero-order valence-corrected chi connectivity index (χ0v) is 7.22. The number of hydrogen-bond acceptors (Lipinski definition) is 1. The molecule has 10 heavy (non-hydrogen) atoms. The van der Waals surface area contributed by atoms with Crippen molar-refractivity contribution >= 4 is 0 Å². The molecule has 0 saturated heterocycles. The Labute approximate surface area is 63.1 Å². The van der Waals surface area contributed by atoms with E-state index in [-0.39, 0.29) is 0 Å². The maximum atomic E-state index is 4.88. The van der Waals surface area contributed by atoms with E-state index in [0.29, 0.717) is 5.92 Å². The summed E-state index contributed by atoms with van der Waals surface area (Å²) in [6, 6.07) is 1.99. The monoisotopic (exact) mass is 140 g/mol.